The predicted molar refractivity (Wildman–Crippen MR) is 32.2 cm³/mol. The second-order valence-electron chi connectivity index (χ2n) is 1.72. The molecule has 0 aliphatic rings. The third kappa shape index (κ3) is 5.78. The van der Waals surface area contributed by atoms with Crippen molar-refractivity contribution in [2.75, 3.05) is 0 Å². The van der Waals surface area contributed by atoms with Gasteiger partial charge in [-0.3, -0.25) is 4.21 Å². The van der Waals surface area contributed by atoms with Gasteiger partial charge in [0, 0.05) is 6.21 Å². The van der Waals surface area contributed by atoms with E-state index in [1.165, 1.54) is 6.21 Å². The van der Waals surface area contributed by atoms with Crippen molar-refractivity contribution in [3.8, 4) is 0 Å². The van der Waals surface area contributed by atoms with Crippen LogP contribution in [0.25, 0.3) is 0 Å². The van der Waals surface area contributed by atoms with Crippen molar-refractivity contribution < 1.29 is 8.76 Å². The maximum Gasteiger partial charge on any atom is 0.0673 e. The minimum atomic E-state index is -2.27. The maximum atomic E-state index is 9.71. The minimum Gasteiger partial charge on any atom is -0.754 e. The molecule has 0 N–H and O–H groups in total. The fourth-order valence-electron chi connectivity index (χ4n) is 0.171. The zero-order chi connectivity index (χ0) is 6.57. The topological polar surface area (TPSA) is 52.5 Å². The van der Waals surface area contributed by atoms with Gasteiger partial charge in [0.25, 0.3) is 0 Å². The molecular formula is C4H8NO2S-. The van der Waals surface area contributed by atoms with Crippen LogP contribution in [0.2, 0.25) is 0 Å². The Morgan fingerprint density at radius 2 is 2.25 bits per heavy atom. The van der Waals surface area contributed by atoms with Crippen LogP contribution in [0, 0.1) is 5.92 Å². The average molecular weight is 134 g/mol. The van der Waals surface area contributed by atoms with Crippen molar-refractivity contribution in [2.24, 2.45) is 10.3 Å². The predicted octanol–water partition coefficient (Wildman–Crippen LogP) is 0.507. The van der Waals surface area contributed by atoms with Crippen LogP contribution >= 0.6 is 0 Å². The smallest absolute Gasteiger partial charge is 0.0673 e. The molecule has 8 heavy (non-hydrogen) atoms. The highest BCUT2D eigenvalue weighted by molar-refractivity contribution is 7.77. The summed E-state index contributed by atoms with van der Waals surface area (Å²) in [6.07, 6.45) is 1.38. The van der Waals surface area contributed by atoms with Gasteiger partial charge >= 0.3 is 0 Å². The van der Waals surface area contributed by atoms with E-state index in [4.69, 9.17) is 0 Å². The summed E-state index contributed by atoms with van der Waals surface area (Å²) in [6.45, 7) is 3.72. The molecule has 0 saturated carbocycles. The largest absolute Gasteiger partial charge is 0.754 e. The van der Waals surface area contributed by atoms with Crippen LogP contribution in [0.15, 0.2) is 4.40 Å². The molecule has 0 bridgehead atoms. The molecule has 3 nitrogen and oxygen atoms in total. The highest BCUT2D eigenvalue weighted by atomic mass is 32.2. The van der Waals surface area contributed by atoms with E-state index in [0.717, 1.165) is 0 Å². The maximum absolute atomic E-state index is 9.71. The van der Waals surface area contributed by atoms with Gasteiger partial charge in [-0.25, -0.2) is 4.40 Å². The molecule has 0 aromatic rings. The second kappa shape index (κ2) is 3.74. The van der Waals surface area contributed by atoms with E-state index in [1.54, 1.807) is 0 Å². The number of rotatable bonds is 2. The van der Waals surface area contributed by atoms with Gasteiger partial charge in [-0.15, -0.1) is 0 Å². The molecule has 0 rings (SSSR count). The summed E-state index contributed by atoms with van der Waals surface area (Å²) in [5.41, 5.74) is 0. The summed E-state index contributed by atoms with van der Waals surface area (Å²) in [5, 5.41) is 0. The Morgan fingerprint density at radius 1 is 1.75 bits per heavy atom. The van der Waals surface area contributed by atoms with E-state index in [0.29, 0.717) is 0 Å². The molecule has 1 unspecified atom stereocenters. The van der Waals surface area contributed by atoms with E-state index in [2.05, 4.69) is 4.40 Å². The van der Waals surface area contributed by atoms with Gasteiger partial charge in [0.1, 0.15) is 0 Å². The van der Waals surface area contributed by atoms with Crippen molar-refractivity contribution in [1.82, 2.24) is 0 Å². The highest BCUT2D eigenvalue weighted by Gasteiger charge is 1.81. The molecule has 0 aromatic carbocycles. The number of hydrogen-bond donors (Lipinski definition) is 0. The highest BCUT2D eigenvalue weighted by Crippen LogP contribution is 1.85. The van der Waals surface area contributed by atoms with Crippen LogP contribution in [0.5, 0.6) is 0 Å². The molecule has 0 heterocycles. The van der Waals surface area contributed by atoms with E-state index >= 15 is 0 Å². The first-order valence-corrected chi connectivity index (χ1v) is 3.29. The third-order valence-corrected chi connectivity index (χ3v) is 0.739. The zero-order valence-electron chi connectivity index (χ0n) is 4.83. The first-order chi connectivity index (χ1) is 3.63. The van der Waals surface area contributed by atoms with Gasteiger partial charge in [0.2, 0.25) is 0 Å². The Bertz CT molecular complexity index is 111. The van der Waals surface area contributed by atoms with Gasteiger partial charge in [0.05, 0.1) is 11.3 Å². The lowest BCUT2D eigenvalue weighted by Crippen LogP contribution is -1.89. The SMILES string of the molecule is CC(C)C=NS(=O)[O-]. The lowest BCUT2D eigenvalue weighted by Gasteiger charge is -1.95. The van der Waals surface area contributed by atoms with Gasteiger partial charge in [-0.1, -0.05) is 13.8 Å². The van der Waals surface area contributed by atoms with E-state index in [9.17, 15) is 8.76 Å². The molecule has 1 atom stereocenters. The summed E-state index contributed by atoms with van der Waals surface area (Å²) in [5.74, 6) is 0.202. The van der Waals surface area contributed by atoms with Crippen molar-refractivity contribution in [2.45, 2.75) is 13.8 Å². The molecule has 0 fully saturated rings. The summed E-state index contributed by atoms with van der Waals surface area (Å²) in [4.78, 5) is 0. The molecule has 4 heteroatoms. The van der Waals surface area contributed by atoms with Crippen molar-refractivity contribution in [3.05, 3.63) is 0 Å². The first kappa shape index (κ1) is 7.78. The van der Waals surface area contributed by atoms with Crippen molar-refractivity contribution in [3.63, 3.8) is 0 Å². The van der Waals surface area contributed by atoms with Crippen LogP contribution < -0.4 is 0 Å². The van der Waals surface area contributed by atoms with Crippen LogP contribution in [-0.4, -0.2) is 15.0 Å². The molecule has 0 radical (unpaired) electrons. The average Bonchev–Trinajstić information content (AvgIpc) is 1.61. The van der Waals surface area contributed by atoms with Gasteiger partial charge in [0.15, 0.2) is 0 Å². The Morgan fingerprint density at radius 3 is 2.38 bits per heavy atom. The first-order valence-electron chi connectivity index (χ1n) is 2.26. The fourth-order valence-corrected chi connectivity index (χ4v) is 0.514. The van der Waals surface area contributed by atoms with Crippen molar-refractivity contribution >= 4 is 17.5 Å². The molecule has 0 aliphatic carbocycles. The quantitative estimate of drug-likeness (QED) is 0.408. The number of nitrogens with zero attached hydrogens (tertiary/aromatic N) is 1. The molecule has 0 saturated heterocycles. The number of hydrogen-bond acceptors (Lipinski definition) is 2. The summed E-state index contributed by atoms with van der Waals surface area (Å²) in [7, 11) is 0. The monoisotopic (exact) mass is 134 g/mol. The standard InChI is InChI=1S/C4H9NO2S/c1-4(2)3-5-8(6)7/h3-4H,1-2H3,(H,6,7)/p-1. The fraction of sp³-hybridized carbons (Fsp3) is 0.750. The molecule has 0 amide bonds. The van der Waals surface area contributed by atoms with Crippen LogP contribution in [0.1, 0.15) is 13.8 Å². The lowest BCUT2D eigenvalue weighted by molar-refractivity contribution is 0.539. The van der Waals surface area contributed by atoms with E-state index < -0.39 is 11.3 Å². The Kier molecular flexibility index (Phi) is 3.64. The molecule has 48 valence electrons. The van der Waals surface area contributed by atoms with Crippen LogP contribution in [0.4, 0.5) is 0 Å². The second-order valence-corrected chi connectivity index (χ2v) is 2.36. The zero-order valence-corrected chi connectivity index (χ0v) is 5.64. The summed E-state index contributed by atoms with van der Waals surface area (Å²) in [6, 6.07) is 0. The summed E-state index contributed by atoms with van der Waals surface area (Å²) < 4.78 is 22.5. The lowest BCUT2D eigenvalue weighted by atomic mass is 10.3. The molecule has 0 aromatic heterocycles. The normalized spacial score (nSPS) is 15.5. The van der Waals surface area contributed by atoms with E-state index in [-0.39, 0.29) is 5.92 Å². The van der Waals surface area contributed by atoms with Gasteiger partial charge < -0.3 is 4.55 Å². The third-order valence-electron chi connectivity index (χ3n) is 0.445. The van der Waals surface area contributed by atoms with Gasteiger partial charge in [-0.05, 0) is 5.92 Å². The van der Waals surface area contributed by atoms with Crippen LogP contribution in [-0.2, 0) is 11.3 Å². The van der Waals surface area contributed by atoms with E-state index in [1.807, 2.05) is 13.8 Å². The molecular weight excluding hydrogens is 126 g/mol. The molecule has 0 spiro atoms. The Labute approximate surface area is 51.2 Å². The Hall–Kier alpha value is -0.220. The molecule has 0 aliphatic heterocycles. The van der Waals surface area contributed by atoms with Crippen molar-refractivity contribution in [1.29, 1.82) is 0 Å². The van der Waals surface area contributed by atoms with Crippen LogP contribution in [0.3, 0.4) is 0 Å². The summed E-state index contributed by atoms with van der Waals surface area (Å²) >= 11 is -2.27. The van der Waals surface area contributed by atoms with Gasteiger partial charge in [-0.2, -0.15) is 0 Å². The minimum absolute atomic E-state index is 0.202. The Balaban J connectivity index is 3.50.